The fourth-order valence-electron chi connectivity index (χ4n) is 0.725. The predicted molar refractivity (Wildman–Crippen MR) is 57.0 cm³/mol. The molecule has 76 valence electrons. The number of hydrogen-bond donors (Lipinski definition) is 0. The number of ether oxygens (including phenoxy) is 1. The molecule has 0 amide bonds. The Morgan fingerprint density at radius 2 is 2.15 bits per heavy atom. The Hall–Kier alpha value is -0.123. The Bertz CT molecular complexity index is 115. The van der Waals surface area contributed by atoms with Crippen LogP contribution in [-0.4, -0.2) is 29.6 Å². The summed E-state index contributed by atoms with van der Waals surface area (Å²) in [5.74, 6) is 0.614. The monoisotopic (exact) mass is 200 g/mol. The first kappa shape index (κ1) is 12.9. The quantitative estimate of drug-likeness (QED) is 0.323. The minimum Gasteiger partial charge on any atom is -0.415 e. The van der Waals surface area contributed by atoms with E-state index in [4.69, 9.17) is 9.16 Å². The van der Waals surface area contributed by atoms with Gasteiger partial charge in [0.1, 0.15) is 0 Å². The van der Waals surface area contributed by atoms with Gasteiger partial charge in [-0.1, -0.05) is 19.9 Å². The zero-order valence-electron chi connectivity index (χ0n) is 8.71. The van der Waals surface area contributed by atoms with Gasteiger partial charge < -0.3 is 9.16 Å². The summed E-state index contributed by atoms with van der Waals surface area (Å²) in [6, 6.07) is 1.09. The summed E-state index contributed by atoms with van der Waals surface area (Å²) >= 11 is 0. The normalized spacial score (nSPS) is 10.7. The number of hydrogen-bond acceptors (Lipinski definition) is 2. The average Bonchev–Trinajstić information content (AvgIpc) is 2.09. The second kappa shape index (κ2) is 9.96. The van der Waals surface area contributed by atoms with Gasteiger partial charge in [0.2, 0.25) is 9.76 Å². The molecule has 0 spiro atoms. The molecular weight excluding hydrogens is 180 g/mol. The van der Waals surface area contributed by atoms with Crippen molar-refractivity contribution in [3.63, 3.8) is 0 Å². The Kier molecular flexibility index (Phi) is 9.87. The van der Waals surface area contributed by atoms with Crippen LogP contribution in [0.25, 0.3) is 0 Å². The molecule has 0 atom stereocenters. The topological polar surface area (TPSA) is 18.5 Å². The van der Waals surface area contributed by atoms with E-state index in [1.807, 2.05) is 6.08 Å². The third-order valence-corrected chi connectivity index (χ3v) is 2.23. The van der Waals surface area contributed by atoms with Crippen molar-refractivity contribution in [2.24, 2.45) is 5.92 Å². The maximum Gasteiger partial charge on any atom is 0.230 e. The van der Waals surface area contributed by atoms with E-state index in [2.05, 4.69) is 20.4 Å². The molecular formula is C10H20O2Si. The lowest BCUT2D eigenvalue weighted by atomic mass is 10.2. The first-order valence-electron chi connectivity index (χ1n) is 4.80. The fraction of sp³-hybridized carbons (Fsp3) is 0.800. The Balaban J connectivity index is 2.87. The van der Waals surface area contributed by atoms with Gasteiger partial charge in [0.05, 0.1) is 13.2 Å². The zero-order valence-corrected chi connectivity index (χ0v) is 9.71. The second-order valence-corrected chi connectivity index (χ2v) is 4.37. The highest BCUT2D eigenvalue weighted by atomic mass is 28.2. The smallest absolute Gasteiger partial charge is 0.230 e. The highest BCUT2D eigenvalue weighted by Crippen LogP contribution is 1.92. The minimum atomic E-state index is 0.594. The van der Waals surface area contributed by atoms with Crippen molar-refractivity contribution in [1.29, 1.82) is 0 Å². The lowest BCUT2D eigenvalue weighted by Crippen LogP contribution is -2.10. The third-order valence-electron chi connectivity index (χ3n) is 1.33. The van der Waals surface area contributed by atoms with Crippen LogP contribution in [0.15, 0.2) is 12.7 Å². The van der Waals surface area contributed by atoms with Crippen molar-refractivity contribution in [2.45, 2.75) is 26.3 Å². The van der Waals surface area contributed by atoms with Crippen LogP contribution in [0.1, 0.15) is 20.3 Å². The summed E-state index contributed by atoms with van der Waals surface area (Å²) in [7, 11) is 0.594. The summed E-state index contributed by atoms with van der Waals surface area (Å²) in [4.78, 5) is 0. The van der Waals surface area contributed by atoms with Crippen molar-refractivity contribution in [2.75, 3.05) is 19.8 Å². The van der Waals surface area contributed by atoms with Crippen LogP contribution in [-0.2, 0) is 9.16 Å². The molecule has 0 unspecified atom stereocenters. The maximum absolute atomic E-state index is 5.37. The van der Waals surface area contributed by atoms with Crippen LogP contribution in [0, 0.1) is 5.92 Å². The van der Waals surface area contributed by atoms with E-state index in [1.165, 1.54) is 0 Å². The summed E-state index contributed by atoms with van der Waals surface area (Å²) in [6.07, 6.45) is 2.97. The van der Waals surface area contributed by atoms with E-state index in [0.717, 1.165) is 32.3 Å². The van der Waals surface area contributed by atoms with E-state index in [9.17, 15) is 0 Å². The van der Waals surface area contributed by atoms with Gasteiger partial charge in [-0.2, -0.15) is 0 Å². The molecule has 0 heterocycles. The van der Waals surface area contributed by atoms with Crippen LogP contribution in [0.2, 0.25) is 6.04 Å². The van der Waals surface area contributed by atoms with Gasteiger partial charge in [-0.05, 0) is 18.4 Å². The van der Waals surface area contributed by atoms with Crippen molar-refractivity contribution >= 4 is 9.76 Å². The first-order valence-corrected chi connectivity index (χ1v) is 5.92. The largest absolute Gasteiger partial charge is 0.415 e. The van der Waals surface area contributed by atoms with Crippen LogP contribution in [0.5, 0.6) is 0 Å². The number of allylic oxidation sites excluding steroid dienone is 1. The average molecular weight is 200 g/mol. The van der Waals surface area contributed by atoms with E-state index >= 15 is 0 Å². The van der Waals surface area contributed by atoms with Gasteiger partial charge >= 0.3 is 0 Å². The second-order valence-electron chi connectivity index (χ2n) is 3.29. The highest BCUT2D eigenvalue weighted by Gasteiger charge is 1.94. The molecule has 13 heavy (non-hydrogen) atoms. The minimum absolute atomic E-state index is 0.594. The summed E-state index contributed by atoms with van der Waals surface area (Å²) in [5, 5.41) is 0. The highest BCUT2D eigenvalue weighted by molar-refractivity contribution is 6.27. The molecule has 0 N–H and O–H groups in total. The van der Waals surface area contributed by atoms with E-state index in [-0.39, 0.29) is 0 Å². The fourth-order valence-corrected chi connectivity index (χ4v) is 1.42. The van der Waals surface area contributed by atoms with Crippen molar-refractivity contribution in [3.05, 3.63) is 12.7 Å². The van der Waals surface area contributed by atoms with Crippen LogP contribution >= 0.6 is 0 Å². The van der Waals surface area contributed by atoms with Gasteiger partial charge in [-0.25, -0.2) is 0 Å². The molecule has 0 bridgehead atoms. The van der Waals surface area contributed by atoms with Gasteiger partial charge in [0.15, 0.2) is 0 Å². The maximum atomic E-state index is 5.37. The van der Waals surface area contributed by atoms with Gasteiger partial charge in [0, 0.05) is 6.61 Å². The molecule has 0 aromatic heterocycles. The van der Waals surface area contributed by atoms with Crippen LogP contribution in [0.4, 0.5) is 0 Å². The summed E-state index contributed by atoms with van der Waals surface area (Å²) in [6.45, 7) is 10.2. The molecule has 0 aliphatic carbocycles. The van der Waals surface area contributed by atoms with Crippen molar-refractivity contribution < 1.29 is 9.16 Å². The SMILES string of the molecule is C=CCC[Si]OCCOCC(C)C. The molecule has 0 saturated heterocycles. The molecule has 0 aliphatic rings. The molecule has 0 rings (SSSR count). The lowest BCUT2D eigenvalue weighted by molar-refractivity contribution is 0.0829. The molecule has 0 fully saturated rings. The summed E-state index contributed by atoms with van der Waals surface area (Å²) < 4.78 is 10.7. The van der Waals surface area contributed by atoms with E-state index in [0.29, 0.717) is 15.7 Å². The summed E-state index contributed by atoms with van der Waals surface area (Å²) in [5.41, 5.74) is 0. The standard InChI is InChI=1S/C10H20O2Si/c1-4-5-8-13-12-7-6-11-9-10(2)3/h4,10H,1,5-9H2,2-3H3. The molecule has 0 aromatic carbocycles. The van der Waals surface area contributed by atoms with E-state index < -0.39 is 0 Å². The molecule has 2 radical (unpaired) electrons. The van der Waals surface area contributed by atoms with Crippen molar-refractivity contribution in [1.82, 2.24) is 0 Å². The van der Waals surface area contributed by atoms with Gasteiger partial charge in [-0.15, -0.1) is 6.58 Å². The molecule has 0 aliphatic heterocycles. The molecule has 0 saturated carbocycles. The Morgan fingerprint density at radius 3 is 2.77 bits per heavy atom. The Labute approximate surface area is 84.3 Å². The van der Waals surface area contributed by atoms with Gasteiger partial charge in [-0.3, -0.25) is 0 Å². The van der Waals surface area contributed by atoms with Crippen LogP contribution in [0.3, 0.4) is 0 Å². The number of rotatable bonds is 9. The predicted octanol–water partition coefficient (Wildman–Crippen LogP) is 2.29. The van der Waals surface area contributed by atoms with Crippen LogP contribution < -0.4 is 0 Å². The van der Waals surface area contributed by atoms with Crippen molar-refractivity contribution in [3.8, 4) is 0 Å². The Morgan fingerprint density at radius 1 is 1.38 bits per heavy atom. The third kappa shape index (κ3) is 11.9. The first-order chi connectivity index (χ1) is 6.27. The molecule has 2 nitrogen and oxygen atoms in total. The van der Waals surface area contributed by atoms with Gasteiger partial charge in [0.25, 0.3) is 0 Å². The lowest BCUT2D eigenvalue weighted by Gasteiger charge is -2.06. The molecule has 0 aromatic rings. The molecule has 3 heteroatoms. The van der Waals surface area contributed by atoms with E-state index in [1.54, 1.807) is 0 Å². The zero-order chi connectivity index (χ0) is 9.94.